The molecular formula is C9H15N3O. The summed E-state index contributed by atoms with van der Waals surface area (Å²) in [5.74, 6) is 0. The first-order valence-electron chi connectivity index (χ1n) is 4.27. The van der Waals surface area contributed by atoms with Crippen molar-refractivity contribution in [3.63, 3.8) is 0 Å². The van der Waals surface area contributed by atoms with Gasteiger partial charge < -0.3 is 16.2 Å². The highest BCUT2D eigenvalue weighted by Crippen LogP contribution is 2.02. The topological polar surface area (TPSA) is 71.2 Å². The lowest BCUT2D eigenvalue weighted by atomic mass is 10.2. The van der Waals surface area contributed by atoms with Crippen LogP contribution < -0.4 is 11.1 Å². The van der Waals surface area contributed by atoms with E-state index in [9.17, 15) is 0 Å². The fourth-order valence-electron chi connectivity index (χ4n) is 0.876. The summed E-state index contributed by atoms with van der Waals surface area (Å²) in [6.07, 6.45) is 2.92. The maximum Gasteiger partial charge on any atom is 0.0680 e. The first-order valence-corrected chi connectivity index (χ1v) is 4.27. The van der Waals surface area contributed by atoms with Crippen LogP contribution in [0.1, 0.15) is 6.92 Å². The van der Waals surface area contributed by atoms with Crippen LogP contribution in [0.25, 0.3) is 0 Å². The first-order chi connectivity index (χ1) is 6.20. The van der Waals surface area contributed by atoms with E-state index < -0.39 is 6.10 Å². The molecule has 2 unspecified atom stereocenters. The lowest BCUT2D eigenvalue weighted by molar-refractivity contribution is 0.168. The molecule has 0 saturated heterocycles. The molecule has 4 N–H and O–H groups in total. The van der Waals surface area contributed by atoms with Crippen molar-refractivity contribution in [1.29, 1.82) is 0 Å². The summed E-state index contributed by atoms with van der Waals surface area (Å²) >= 11 is 0. The minimum atomic E-state index is -0.491. The number of rotatable bonds is 4. The second-order valence-electron chi connectivity index (χ2n) is 3.02. The highest BCUT2D eigenvalue weighted by Gasteiger charge is 2.07. The molecule has 0 radical (unpaired) electrons. The monoisotopic (exact) mass is 181 g/mol. The van der Waals surface area contributed by atoms with Gasteiger partial charge in [0.2, 0.25) is 0 Å². The molecule has 0 fully saturated rings. The third-order valence-corrected chi connectivity index (χ3v) is 1.84. The molecule has 0 bridgehead atoms. The molecule has 1 heterocycles. The quantitative estimate of drug-likeness (QED) is 0.620. The number of pyridine rings is 1. The van der Waals surface area contributed by atoms with Crippen LogP contribution in [0, 0.1) is 0 Å². The Balaban J connectivity index is 2.35. The van der Waals surface area contributed by atoms with Crippen LogP contribution in [0.2, 0.25) is 0 Å². The van der Waals surface area contributed by atoms with Gasteiger partial charge in [0, 0.05) is 30.7 Å². The number of hydrogen-bond acceptors (Lipinski definition) is 4. The largest absolute Gasteiger partial charge is 0.392 e. The van der Waals surface area contributed by atoms with Crippen LogP contribution >= 0.6 is 0 Å². The molecule has 0 aliphatic rings. The second-order valence-corrected chi connectivity index (χ2v) is 3.02. The Morgan fingerprint density at radius 3 is 2.69 bits per heavy atom. The van der Waals surface area contributed by atoms with Gasteiger partial charge in [-0.2, -0.15) is 0 Å². The zero-order valence-electron chi connectivity index (χ0n) is 7.64. The number of nitrogens with one attached hydrogen (secondary N) is 1. The van der Waals surface area contributed by atoms with Crippen LogP contribution in [0.4, 0.5) is 5.69 Å². The number of aliphatic hydroxyl groups is 1. The minimum Gasteiger partial charge on any atom is -0.392 e. The highest BCUT2D eigenvalue weighted by molar-refractivity contribution is 5.40. The molecule has 0 spiro atoms. The Hall–Kier alpha value is -1.13. The van der Waals surface area contributed by atoms with Gasteiger partial charge in [-0.1, -0.05) is 0 Å². The zero-order chi connectivity index (χ0) is 9.68. The average Bonchev–Trinajstić information content (AvgIpc) is 2.15. The van der Waals surface area contributed by atoms with Crippen molar-refractivity contribution in [3.8, 4) is 0 Å². The van der Waals surface area contributed by atoms with Gasteiger partial charge in [-0.15, -0.1) is 0 Å². The van der Waals surface area contributed by atoms with Gasteiger partial charge in [-0.3, -0.25) is 4.98 Å². The lowest BCUT2D eigenvalue weighted by Gasteiger charge is -2.15. The van der Waals surface area contributed by atoms with E-state index in [1.165, 1.54) is 0 Å². The zero-order valence-corrected chi connectivity index (χ0v) is 7.64. The molecule has 4 nitrogen and oxygen atoms in total. The van der Waals surface area contributed by atoms with Crippen molar-refractivity contribution >= 4 is 5.69 Å². The SMILES string of the molecule is CC(O)C(N)CNc1ccncc1. The van der Waals surface area contributed by atoms with Gasteiger partial charge in [0.1, 0.15) is 0 Å². The molecule has 0 saturated carbocycles. The third kappa shape index (κ3) is 3.40. The molecular weight excluding hydrogens is 166 g/mol. The van der Waals surface area contributed by atoms with Crippen LogP contribution in [0.3, 0.4) is 0 Å². The summed E-state index contributed by atoms with van der Waals surface area (Å²) in [5, 5.41) is 12.2. The van der Waals surface area contributed by atoms with Crippen molar-refractivity contribution in [1.82, 2.24) is 4.98 Å². The van der Waals surface area contributed by atoms with Crippen LogP contribution in [-0.4, -0.2) is 28.8 Å². The average molecular weight is 181 g/mol. The Morgan fingerprint density at radius 1 is 1.54 bits per heavy atom. The number of nitrogens with two attached hydrogens (primary N) is 1. The molecule has 0 aliphatic carbocycles. The second kappa shape index (κ2) is 4.79. The number of anilines is 1. The molecule has 0 aromatic carbocycles. The maximum atomic E-state index is 9.12. The lowest BCUT2D eigenvalue weighted by Crippen LogP contribution is -2.38. The smallest absolute Gasteiger partial charge is 0.0680 e. The fourth-order valence-corrected chi connectivity index (χ4v) is 0.876. The van der Waals surface area contributed by atoms with E-state index in [0.717, 1.165) is 5.69 Å². The Kier molecular flexibility index (Phi) is 3.67. The summed E-state index contributed by atoms with van der Waals surface area (Å²) in [5.41, 5.74) is 6.60. The van der Waals surface area contributed by atoms with Crippen molar-refractivity contribution in [3.05, 3.63) is 24.5 Å². The highest BCUT2D eigenvalue weighted by atomic mass is 16.3. The fraction of sp³-hybridized carbons (Fsp3) is 0.444. The van der Waals surface area contributed by atoms with Crippen LogP contribution in [0.5, 0.6) is 0 Å². The predicted molar refractivity (Wildman–Crippen MR) is 52.4 cm³/mol. The summed E-state index contributed by atoms with van der Waals surface area (Å²) in [6.45, 7) is 2.24. The summed E-state index contributed by atoms with van der Waals surface area (Å²) < 4.78 is 0. The van der Waals surface area contributed by atoms with E-state index >= 15 is 0 Å². The molecule has 2 atom stereocenters. The number of nitrogens with zero attached hydrogens (tertiary/aromatic N) is 1. The van der Waals surface area contributed by atoms with Crippen molar-refractivity contribution < 1.29 is 5.11 Å². The van der Waals surface area contributed by atoms with E-state index in [1.807, 2.05) is 12.1 Å². The van der Waals surface area contributed by atoms with Crippen molar-refractivity contribution in [2.24, 2.45) is 5.73 Å². The molecule has 1 rings (SSSR count). The van der Waals surface area contributed by atoms with E-state index in [2.05, 4.69) is 10.3 Å². The molecule has 1 aromatic heterocycles. The third-order valence-electron chi connectivity index (χ3n) is 1.84. The van der Waals surface area contributed by atoms with Crippen LogP contribution in [-0.2, 0) is 0 Å². The number of aromatic nitrogens is 1. The van der Waals surface area contributed by atoms with Gasteiger partial charge in [0.05, 0.1) is 6.10 Å². The molecule has 72 valence electrons. The Morgan fingerprint density at radius 2 is 2.15 bits per heavy atom. The van der Waals surface area contributed by atoms with E-state index in [1.54, 1.807) is 19.3 Å². The van der Waals surface area contributed by atoms with Crippen LogP contribution in [0.15, 0.2) is 24.5 Å². The predicted octanol–water partition coefficient (Wildman–Crippen LogP) is 0.202. The minimum absolute atomic E-state index is 0.242. The molecule has 4 heteroatoms. The maximum absolute atomic E-state index is 9.12. The number of hydrogen-bond donors (Lipinski definition) is 3. The summed E-state index contributed by atoms with van der Waals surface area (Å²) in [6, 6.07) is 3.47. The Labute approximate surface area is 77.8 Å². The molecule has 1 aromatic rings. The number of aliphatic hydroxyl groups excluding tert-OH is 1. The first kappa shape index (κ1) is 9.95. The van der Waals surface area contributed by atoms with Crippen molar-refractivity contribution in [2.45, 2.75) is 19.1 Å². The Bertz CT molecular complexity index is 238. The summed E-state index contributed by atoms with van der Waals surface area (Å²) in [7, 11) is 0. The molecule has 0 amide bonds. The van der Waals surface area contributed by atoms with E-state index in [-0.39, 0.29) is 6.04 Å². The van der Waals surface area contributed by atoms with Crippen molar-refractivity contribution in [2.75, 3.05) is 11.9 Å². The van der Waals surface area contributed by atoms with E-state index in [4.69, 9.17) is 10.8 Å². The van der Waals surface area contributed by atoms with Gasteiger partial charge in [-0.05, 0) is 19.1 Å². The molecule has 13 heavy (non-hydrogen) atoms. The van der Waals surface area contributed by atoms with Gasteiger partial charge in [-0.25, -0.2) is 0 Å². The summed E-state index contributed by atoms with van der Waals surface area (Å²) in [4.78, 5) is 3.89. The van der Waals surface area contributed by atoms with Gasteiger partial charge >= 0.3 is 0 Å². The standard InChI is InChI=1S/C9H15N3O/c1-7(13)9(10)6-12-8-2-4-11-5-3-8/h2-5,7,9,13H,6,10H2,1H3,(H,11,12). The molecule has 0 aliphatic heterocycles. The van der Waals surface area contributed by atoms with Gasteiger partial charge in [0.25, 0.3) is 0 Å². The van der Waals surface area contributed by atoms with E-state index in [0.29, 0.717) is 6.54 Å². The normalized spacial score (nSPS) is 15.0. The van der Waals surface area contributed by atoms with Gasteiger partial charge in [0.15, 0.2) is 0 Å².